The molecule has 100 valence electrons. The molecule has 2 N–H and O–H groups in total. The Kier molecular flexibility index (Phi) is 5.16. The van der Waals surface area contributed by atoms with Gasteiger partial charge in [-0.15, -0.1) is 11.8 Å². The molecule has 0 aliphatic carbocycles. The van der Waals surface area contributed by atoms with Gasteiger partial charge in [-0.25, -0.2) is 0 Å². The fraction of sp³-hybridized carbons (Fsp3) is 0.143. The highest BCUT2D eigenvalue weighted by Crippen LogP contribution is 2.36. The maximum absolute atomic E-state index is 6.13. The first-order valence-corrected chi connectivity index (χ1v) is 8.04. The van der Waals surface area contributed by atoms with Crippen molar-refractivity contribution in [3.8, 4) is 11.5 Å². The average molecular weight is 359 g/mol. The van der Waals surface area contributed by atoms with E-state index in [0.717, 1.165) is 20.7 Å². The zero-order chi connectivity index (χ0) is 13.8. The SMILES string of the molecule is CSc1cccc(Oc2cc(Br)ccc2Cl)c1CN. The summed E-state index contributed by atoms with van der Waals surface area (Å²) in [5.74, 6) is 1.36. The van der Waals surface area contributed by atoms with E-state index < -0.39 is 0 Å². The maximum atomic E-state index is 6.13. The lowest BCUT2D eigenvalue weighted by molar-refractivity contribution is 0.474. The van der Waals surface area contributed by atoms with Crippen LogP contribution in [0.1, 0.15) is 5.56 Å². The van der Waals surface area contributed by atoms with Crippen molar-refractivity contribution in [1.29, 1.82) is 0 Å². The Morgan fingerprint density at radius 3 is 2.74 bits per heavy atom. The van der Waals surface area contributed by atoms with E-state index in [4.69, 9.17) is 22.1 Å². The fourth-order valence-electron chi connectivity index (χ4n) is 1.71. The van der Waals surface area contributed by atoms with E-state index in [2.05, 4.69) is 15.9 Å². The third-order valence-electron chi connectivity index (χ3n) is 2.63. The highest BCUT2D eigenvalue weighted by molar-refractivity contribution is 9.10. The second-order valence-electron chi connectivity index (χ2n) is 3.82. The standard InChI is InChI=1S/C14H13BrClNOS/c1-19-14-4-2-3-12(10(14)8-17)18-13-7-9(15)5-6-11(13)16/h2-7H,8,17H2,1H3. The van der Waals surface area contributed by atoms with Crippen molar-refractivity contribution in [2.75, 3.05) is 6.26 Å². The first kappa shape index (κ1) is 14.7. The molecule has 0 radical (unpaired) electrons. The third-order valence-corrected chi connectivity index (χ3v) is 4.26. The van der Waals surface area contributed by atoms with Crippen molar-refractivity contribution in [1.82, 2.24) is 0 Å². The van der Waals surface area contributed by atoms with Crippen molar-refractivity contribution in [2.45, 2.75) is 11.4 Å². The second kappa shape index (κ2) is 6.66. The molecule has 19 heavy (non-hydrogen) atoms. The number of hydrogen-bond acceptors (Lipinski definition) is 3. The van der Waals surface area contributed by atoms with Gasteiger partial charge in [-0.2, -0.15) is 0 Å². The fourth-order valence-corrected chi connectivity index (χ4v) is 2.85. The number of halogens is 2. The van der Waals surface area contributed by atoms with E-state index >= 15 is 0 Å². The quantitative estimate of drug-likeness (QED) is 0.774. The zero-order valence-corrected chi connectivity index (χ0v) is 13.5. The molecule has 0 amide bonds. The Morgan fingerprint density at radius 1 is 1.26 bits per heavy atom. The van der Waals surface area contributed by atoms with Crippen molar-refractivity contribution in [2.24, 2.45) is 5.73 Å². The molecular formula is C14H13BrClNOS. The van der Waals surface area contributed by atoms with Crippen molar-refractivity contribution in [3.63, 3.8) is 0 Å². The number of thioether (sulfide) groups is 1. The lowest BCUT2D eigenvalue weighted by Gasteiger charge is -2.14. The van der Waals surface area contributed by atoms with Gasteiger partial charge in [0.25, 0.3) is 0 Å². The van der Waals surface area contributed by atoms with Gasteiger partial charge in [0.05, 0.1) is 5.02 Å². The molecule has 0 saturated heterocycles. The van der Waals surface area contributed by atoms with Crippen LogP contribution in [-0.4, -0.2) is 6.26 Å². The molecule has 0 heterocycles. The largest absolute Gasteiger partial charge is 0.455 e. The van der Waals surface area contributed by atoms with Crippen LogP contribution in [0.15, 0.2) is 45.8 Å². The van der Waals surface area contributed by atoms with Crippen LogP contribution < -0.4 is 10.5 Å². The number of benzene rings is 2. The molecule has 2 rings (SSSR count). The smallest absolute Gasteiger partial charge is 0.147 e. The first-order chi connectivity index (χ1) is 9.15. The summed E-state index contributed by atoms with van der Waals surface area (Å²) in [5, 5.41) is 0.570. The van der Waals surface area contributed by atoms with E-state index in [1.54, 1.807) is 17.8 Å². The molecule has 0 atom stereocenters. The van der Waals surface area contributed by atoms with Gasteiger partial charge in [-0.3, -0.25) is 0 Å². The summed E-state index contributed by atoms with van der Waals surface area (Å²) in [4.78, 5) is 1.12. The third kappa shape index (κ3) is 3.45. The summed E-state index contributed by atoms with van der Waals surface area (Å²) in [6.45, 7) is 0.429. The van der Waals surface area contributed by atoms with Crippen LogP contribution in [0, 0.1) is 0 Å². The van der Waals surface area contributed by atoms with Gasteiger partial charge >= 0.3 is 0 Å². The maximum Gasteiger partial charge on any atom is 0.147 e. The predicted octanol–water partition coefficient (Wildman–Crippen LogP) is 5.08. The Labute approximate surface area is 130 Å². The lowest BCUT2D eigenvalue weighted by atomic mass is 10.2. The molecule has 2 aromatic carbocycles. The second-order valence-corrected chi connectivity index (χ2v) is 5.99. The van der Waals surface area contributed by atoms with Crippen molar-refractivity contribution < 1.29 is 4.74 Å². The molecule has 0 aromatic heterocycles. The van der Waals surface area contributed by atoms with Crippen LogP contribution in [0.2, 0.25) is 5.02 Å². The van der Waals surface area contributed by atoms with Crippen LogP contribution >= 0.6 is 39.3 Å². The molecule has 0 fully saturated rings. The normalized spacial score (nSPS) is 10.5. The Morgan fingerprint density at radius 2 is 2.05 bits per heavy atom. The average Bonchev–Trinajstić information content (AvgIpc) is 2.42. The van der Waals surface area contributed by atoms with Gasteiger partial charge in [0.2, 0.25) is 0 Å². The van der Waals surface area contributed by atoms with Crippen LogP contribution in [0.3, 0.4) is 0 Å². The number of nitrogens with two attached hydrogens (primary N) is 1. The molecule has 0 bridgehead atoms. The van der Waals surface area contributed by atoms with Gasteiger partial charge in [0, 0.05) is 21.5 Å². The summed E-state index contributed by atoms with van der Waals surface area (Å²) in [6.07, 6.45) is 2.02. The monoisotopic (exact) mass is 357 g/mol. The summed E-state index contributed by atoms with van der Waals surface area (Å²) in [5.41, 5.74) is 6.80. The van der Waals surface area contributed by atoms with E-state index in [1.807, 2.05) is 36.6 Å². The minimum Gasteiger partial charge on any atom is -0.455 e. The van der Waals surface area contributed by atoms with Gasteiger partial charge in [-0.05, 0) is 36.6 Å². The molecule has 0 spiro atoms. The topological polar surface area (TPSA) is 35.2 Å². The molecule has 0 aliphatic rings. The molecule has 0 aliphatic heterocycles. The van der Waals surface area contributed by atoms with Gasteiger partial charge in [-0.1, -0.05) is 33.6 Å². The molecular weight excluding hydrogens is 346 g/mol. The Bertz CT molecular complexity index is 592. The highest BCUT2D eigenvalue weighted by atomic mass is 79.9. The summed E-state index contributed by atoms with van der Waals surface area (Å²) in [7, 11) is 0. The first-order valence-electron chi connectivity index (χ1n) is 5.64. The lowest BCUT2D eigenvalue weighted by Crippen LogP contribution is -2.01. The Hall–Kier alpha value is -0.680. The van der Waals surface area contributed by atoms with E-state index in [9.17, 15) is 0 Å². The molecule has 2 aromatic rings. The Balaban J connectivity index is 2.40. The van der Waals surface area contributed by atoms with Crippen molar-refractivity contribution in [3.05, 3.63) is 51.5 Å². The van der Waals surface area contributed by atoms with Gasteiger partial charge in [0.1, 0.15) is 11.5 Å². The summed E-state index contributed by atoms with van der Waals surface area (Å²) in [6, 6.07) is 11.4. The van der Waals surface area contributed by atoms with E-state index in [-0.39, 0.29) is 0 Å². The number of ether oxygens (including phenoxy) is 1. The molecule has 5 heteroatoms. The van der Waals surface area contributed by atoms with Crippen LogP contribution in [0.25, 0.3) is 0 Å². The van der Waals surface area contributed by atoms with Crippen LogP contribution in [-0.2, 0) is 6.54 Å². The number of rotatable bonds is 4. The minimum absolute atomic E-state index is 0.429. The van der Waals surface area contributed by atoms with Gasteiger partial charge in [0.15, 0.2) is 0 Å². The molecule has 2 nitrogen and oxygen atoms in total. The zero-order valence-electron chi connectivity index (χ0n) is 10.3. The number of hydrogen-bond donors (Lipinski definition) is 1. The predicted molar refractivity (Wildman–Crippen MR) is 85.3 cm³/mol. The van der Waals surface area contributed by atoms with Crippen molar-refractivity contribution >= 4 is 39.3 Å². The molecule has 0 saturated carbocycles. The highest BCUT2D eigenvalue weighted by Gasteiger charge is 2.10. The molecule has 0 unspecified atom stereocenters. The van der Waals surface area contributed by atoms with Crippen LogP contribution in [0.4, 0.5) is 0 Å². The minimum atomic E-state index is 0.429. The van der Waals surface area contributed by atoms with Crippen LogP contribution in [0.5, 0.6) is 11.5 Å². The van der Waals surface area contributed by atoms with Gasteiger partial charge < -0.3 is 10.5 Å². The van der Waals surface area contributed by atoms with E-state index in [0.29, 0.717) is 17.3 Å². The van der Waals surface area contributed by atoms with E-state index in [1.165, 1.54) is 0 Å². The summed E-state index contributed by atoms with van der Waals surface area (Å²) >= 11 is 11.2. The summed E-state index contributed by atoms with van der Waals surface area (Å²) < 4.78 is 6.82.